The van der Waals surface area contributed by atoms with Crippen molar-refractivity contribution in [1.29, 1.82) is 0 Å². The fourth-order valence-electron chi connectivity index (χ4n) is 4.36. The Morgan fingerprint density at radius 1 is 1.07 bits per heavy atom. The van der Waals surface area contributed by atoms with Crippen molar-refractivity contribution >= 4 is 17.4 Å². The van der Waals surface area contributed by atoms with Crippen LogP contribution in [-0.2, 0) is 15.8 Å². The molecule has 1 N–H and O–H groups in total. The van der Waals surface area contributed by atoms with E-state index in [9.17, 15) is 22.8 Å². The first-order chi connectivity index (χ1) is 14.2. The first-order valence-corrected chi connectivity index (χ1v) is 10.7. The van der Waals surface area contributed by atoms with Crippen LogP contribution in [0, 0.1) is 5.92 Å². The Kier molecular flexibility index (Phi) is 7.39. The maximum Gasteiger partial charge on any atom is 0.416 e. The largest absolute Gasteiger partial charge is 0.416 e. The molecule has 0 bridgehead atoms. The van der Waals surface area contributed by atoms with Crippen molar-refractivity contribution in [1.82, 2.24) is 10.2 Å². The van der Waals surface area contributed by atoms with E-state index >= 15 is 0 Å². The molecule has 1 aromatic rings. The number of benzene rings is 1. The van der Waals surface area contributed by atoms with Crippen LogP contribution in [0.3, 0.4) is 0 Å². The van der Waals surface area contributed by atoms with Crippen molar-refractivity contribution in [2.75, 3.05) is 37.6 Å². The van der Waals surface area contributed by atoms with Crippen molar-refractivity contribution in [2.45, 2.75) is 51.2 Å². The number of Topliss-reactive ketones (excluding diaryl/α,β-unsaturated/α-hetero) is 1. The Labute approximate surface area is 175 Å². The maximum absolute atomic E-state index is 12.9. The average Bonchev–Trinajstić information content (AvgIpc) is 2.73. The third-order valence-corrected chi connectivity index (χ3v) is 6.27. The van der Waals surface area contributed by atoms with Crippen LogP contribution >= 0.6 is 0 Å². The number of anilines is 1. The van der Waals surface area contributed by atoms with Crippen LogP contribution in [0.5, 0.6) is 0 Å². The molecule has 1 aliphatic carbocycles. The Morgan fingerprint density at radius 2 is 1.73 bits per heavy atom. The van der Waals surface area contributed by atoms with Crippen LogP contribution in [0.4, 0.5) is 18.9 Å². The van der Waals surface area contributed by atoms with Gasteiger partial charge in [0.2, 0.25) is 5.78 Å². The number of alkyl halides is 3. The lowest BCUT2D eigenvalue weighted by molar-refractivity contribution is -0.137. The van der Waals surface area contributed by atoms with Crippen LogP contribution in [0.15, 0.2) is 24.3 Å². The second-order valence-corrected chi connectivity index (χ2v) is 8.41. The summed E-state index contributed by atoms with van der Waals surface area (Å²) in [5.74, 6) is -0.310. The highest BCUT2D eigenvalue weighted by molar-refractivity contribution is 6.35. The molecular formula is C22H30F3N3O2. The third kappa shape index (κ3) is 6.20. The third-order valence-electron chi connectivity index (χ3n) is 6.27. The number of hydrogen-bond donors (Lipinski definition) is 1. The summed E-state index contributed by atoms with van der Waals surface area (Å²) >= 11 is 0. The number of nitrogens with one attached hydrogen (secondary N) is 1. The zero-order valence-corrected chi connectivity index (χ0v) is 17.4. The lowest BCUT2D eigenvalue weighted by atomic mass is 9.84. The number of amides is 1. The van der Waals surface area contributed by atoms with E-state index in [2.05, 4.69) is 10.2 Å². The number of carbonyl (C=O) groups is 2. The number of piperazine rings is 1. The average molecular weight is 425 g/mol. The molecule has 1 amide bonds. The summed E-state index contributed by atoms with van der Waals surface area (Å²) in [5, 5.41) is 2.80. The number of rotatable bonds is 6. The fraction of sp³-hybridized carbons (Fsp3) is 0.636. The fourth-order valence-corrected chi connectivity index (χ4v) is 4.36. The van der Waals surface area contributed by atoms with E-state index in [0.29, 0.717) is 11.6 Å². The monoisotopic (exact) mass is 425 g/mol. The number of ketones is 1. The minimum Gasteiger partial charge on any atom is -0.369 e. The lowest BCUT2D eigenvalue weighted by Gasteiger charge is -2.37. The van der Waals surface area contributed by atoms with E-state index in [4.69, 9.17) is 0 Å². The maximum atomic E-state index is 12.9. The highest BCUT2D eigenvalue weighted by atomic mass is 19.4. The summed E-state index contributed by atoms with van der Waals surface area (Å²) in [5.41, 5.74) is 0.0351. The molecule has 3 rings (SSSR count). The number of carbonyl (C=O) groups excluding carboxylic acids is 2. The molecule has 0 atom stereocenters. The predicted molar refractivity (Wildman–Crippen MR) is 109 cm³/mol. The van der Waals surface area contributed by atoms with E-state index in [-0.39, 0.29) is 6.04 Å². The van der Waals surface area contributed by atoms with Gasteiger partial charge in [-0.3, -0.25) is 14.5 Å². The molecule has 0 spiro atoms. The topological polar surface area (TPSA) is 52.7 Å². The summed E-state index contributed by atoms with van der Waals surface area (Å²) < 4.78 is 38.8. The van der Waals surface area contributed by atoms with Crippen molar-refractivity contribution in [3.8, 4) is 0 Å². The van der Waals surface area contributed by atoms with Gasteiger partial charge in [-0.2, -0.15) is 13.2 Å². The van der Waals surface area contributed by atoms with Gasteiger partial charge in [-0.05, 0) is 62.8 Å². The number of hydrogen-bond acceptors (Lipinski definition) is 4. The molecule has 0 radical (unpaired) electrons. The van der Waals surface area contributed by atoms with Crippen LogP contribution in [0.25, 0.3) is 0 Å². The van der Waals surface area contributed by atoms with Gasteiger partial charge in [-0.25, -0.2) is 0 Å². The van der Waals surface area contributed by atoms with Crippen molar-refractivity contribution in [2.24, 2.45) is 5.92 Å². The highest BCUT2D eigenvalue weighted by Crippen LogP contribution is 2.32. The van der Waals surface area contributed by atoms with Crippen molar-refractivity contribution in [3.63, 3.8) is 0 Å². The molecule has 1 saturated carbocycles. The molecule has 2 aliphatic rings. The van der Waals surface area contributed by atoms with Crippen LogP contribution in [-0.4, -0.2) is 55.4 Å². The Morgan fingerprint density at radius 3 is 2.33 bits per heavy atom. The second-order valence-electron chi connectivity index (χ2n) is 8.41. The molecule has 8 heteroatoms. The molecule has 5 nitrogen and oxygen atoms in total. The molecule has 1 aliphatic heterocycles. The predicted octanol–water partition coefficient (Wildman–Crippen LogP) is 3.48. The number of halogens is 3. The van der Waals surface area contributed by atoms with E-state index in [0.717, 1.165) is 70.9 Å². The molecule has 1 saturated heterocycles. The first kappa shape index (κ1) is 22.6. The van der Waals surface area contributed by atoms with E-state index < -0.39 is 23.4 Å². The summed E-state index contributed by atoms with van der Waals surface area (Å²) in [4.78, 5) is 27.0. The van der Waals surface area contributed by atoms with E-state index in [1.807, 2.05) is 4.90 Å². The second kappa shape index (κ2) is 9.81. The van der Waals surface area contributed by atoms with Gasteiger partial charge in [0.15, 0.2) is 0 Å². The Bertz CT molecular complexity index is 737. The minimum atomic E-state index is -4.31. The van der Waals surface area contributed by atoms with Gasteiger partial charge >= 0.3 is 6.18 Å². The first-order valence-electron chi connectivity index (χ1n) is 10.7. The summed E-state index contributed by atoms with van der Waals surface area (Å²) in [7, 11) is 0. The summed E-state index contributed by atoms with van der Waals surface area (Å²) in [6.45, 7) is 5.43. The SMILES string of the molecule is CC(=O)C(=O)N[C@H]1CC[C@H](CCN2CCN(c3cccc(C(F)(F)F)c3)CC2)CC1. The molecule has 166 valence electrons. The molecular weight excluding hydrogens is 395 g/mol. The molecule has 30 heavy (non-hydrogen) atoms. The van der Waals surface area contributed by atoms with Crippen LogP contribution < -0.4 is 10.2 Å². The van der Waals surface area contributed by atoms with Gasteiger partial charge < -0.3 is 10.2 Å². The zero-order valence-electron chi connectivity index (χ0n) is 17.4. The van der Waals surface area contributed by atoms with Crippen molar-refractivity contribution in [3.05, 3.63) is 29.8 Å². The molecule has 2 fully saturated rings. The normalized spacial score (nSPS) is 23.3. The Hall–Kier alpha value is -2.09. The van der Waals surface area contributed by atoms with Gasteiger partial charge in [-0.15, -0.1) is 0 Å². The Balaban J connectivity index is 1.38. The zero-order chi connectivity index (χ0) is 21.7. The van der Waals surface area contributed by atoms with Gasteiger partial charge in [0.05, 0.1) is 5.56 Å². The van der Waals surface area contributed by atoms with Crippen molar-refractivity contribution < 1.29 is 22.8 Å². The molecule has 0 aromatic heterocycles. The minimum absolute atomic E-state index is 0.105. The van der Waals surface area contributed by atoms with Crippen LogP contribution in [0.2, 0.25) is 0 Å². The molecule has 1 heterocycles. The van der Waals surface area contributed by atoms with E-state index in [1.165, 1.54) is 19.1 Å². The van der Waals surface area contributed by atoms with Gasteiger partial charge in [-0.1, -0.05) is 6.07 Å². The molecule has 0 unspecified atom stereocenters. The lowest BCUT2D eigenvalue weighted by Crippen LogP contribution is -2.47. The quantitative estimate of drug-likeness (QED) is 0.709. The highest BCUT2D eigenvalue weighted by Gasteiger charge is 2.31. The standard InChI is InChI=1S/C22H30F3N3O2/c1-16(29)21(30)26-19-7-5-17(6-8-19)9-10-27-11-13-28(14-12-27)20-4-2-3-18(15-20)22(23,24)25/h2-4,15,17,19H,5-14H2,1H3,(H,26,30)/t17-,19-. The number of nitrogens with zero attached hydrogens (tertiary/aromatic N) is 2. The smallest absolute Gasteiger partial charge is 0.369 e. The van der Waals surface area contributed by atoms with Gasteiger partial charge in [0, 0.05) is 44.8 Å². The summed E-state index contributed by atoms with van der Waals surface area (Å²) in [6.07, 6.45) is 0.697. The van der Waals surface area contributed by atoms with Crippen LogP contribution in [0.1, 0.15) is 44.6 Å². The van der Waals surface area contributed by atoms with Gasteiger partial charge in [0.25, 0.3) is 5.91 Å². The molecule has 1 aromatic carbocycles. The van der Waals surface area contributed by atoms with E-state index in [1.54, 1.807) is 6.07 Å². The summed E-state index contributed by atoms with van der Waals surface area (Å²) in [6, 6.07) is 5.67. The van der Waals surface area contributed by atoms with Gasteiger partial charge in [0.1, 0.15) is 0 Å².